The maximum absolute atomic E-state index is 9.13. The van der Waals surface area contributed by atoms with Crippen LogP contribution < -0.4 is 4.90 Å². The number of aryl methyl sites for hydroxylation is 1. The zero-order chi connectivity index (χ0) is 13.1. The van der Waals surface area contributed by atoms with Crippen LogP contribution >= 0.6 is 22.9 Å². The van der Waals surface area contributed by atoms with E-state index >= 15 is 0 Å². The van der Waals surface area contributed by atoms with Gasteiger partial charge in [-0.3, -0.25) is 0 Å². The van der Waals surface area contributed by atoms with Gasteiger partial charge in [0.15, 0.2) is 0 Å². The molecule has 1 heterocycles. The Morgan fingerprint density at radius 2 is 2.11 bits per heavy atom. The number of hydrogen-bond acceptors (Lipinski definition) is 3. The highest BCUT2D eigenvalue weighted by Crippen LogP contribution is 2.26. The third-order valence-corrected chi connectivity index (χ3v) is 3.92. The quantitative estimate of drug-likeness (QED) is 0.839. The first kappa shape index (κ1) is 12.9. The molecule has 0 saturated carbocycles. The van der Waals surface area contributed by atoms with E-state index < -0.39 is 0 Å². The van der Waals surface area contributed by atoms with Crippen molar-refractivity contribution in [1.82, 2.24) is 0 Å². The van der Waals surface area contributed by atoms with Gasteiger partial charge in [0.1, 0.15) is 6.07 Å². The number of rotatable bonds is 3. The summed E-state index contributed by atoms with van der Waals surface area (Å²) < 4.78 is 0.795. The predicted molar refractivity (Wildman–Crippen MR) is 77.3 cm³/mol. The highest BCUT2D eigenvalue weighted by Gasteiger charge is 2.09. The molecule has 4 heteroatoms. The normalized spacial score (nSPS) is 10.1. The van der Waals surface area contributed by atoms with Crippen molar-refractivity contribution in [2.24, 2.45) is 0 Å². The smallest absolute Gasteiger partial charge is 0.101 e. The molecule has 1 aromatic heterocycles. The third kappa shape index (κ3) is 2.84. The average molecular weight is 277 g/mol. The lowest BCUT2D eigenvalue weighted by molar-refractivity contribution is 0.936. The fourth-order valence-corrected chi connectivity index (χ4v) is 2.95. The summed E-state index contributed by atoms with van der Waals surface area (Å²) >= 11 is 7.49. The standard InChI is InChI=1S/C14H13ClN2S/c1-10-3-4-11(8-16)13(7-10)17(2)9-12-5-6-14(15)18-12/h3-7H,9H2,1-2H3. The molecule has 1 aromatic carbocycles. The number of anilines is 1. The van der Waals surface area contributed by atoms with Gasteiger partial charge in [-0.25, -0.2) is 0 Å². The van der Waals surface area contributed by atoms with Crippen LogP contribution in [0.5, 0.6) is 0 Å². The minimum atomic E-state index is 0.700. The molecule has 2 rings (SSSR count). The van der Waals surface area contributed by atoms with E-state index in [1.165, 1.54) is 4.88 Å². The van der Waals surface area contributed by atoms with Gasteiger partial charge in [0.05, 0.1) is 22.1 Å². The van der Waals surface area contributed by atoms with Crippen molar-refractivity contribution in [2.45, 2.75) is 13.5 Å². The Labute approximate surface area is 116 Å². The Bertz CT molecular complexity index is 598. The fraction of sp³-hybridized carbons (Fsp3) is 0.214. The molecule has 0 fully saturated rings. The van der Waals surface area contributed by atoms with E-state index in [9.17, 15) is 0 Å². The Balaban J connectivity index is 2.26. The molecule has 18 heavy (non-hydrogen) atoms. The third-order valence-electron chi connectivity index (χ3n) is 2.71. The molecule has 0 N–H and O–H groups in total. The van der Waals surface area contributed by atoms with E-state index in [2.05, 4.69) is 11.0 Å². The fourth-order valence-electron chi connectivity index (χ4n) is 1.81. The minimum absolute atomic E-state index is 0.700. The summed E-state index contributed by atoms with van der Waals surface area (Å²) in [5.74, 6) is 0. The van der Waals surface area contributed by atoms with Gasteiger partial charge < -0.3 is 4.90 Å². The van der Waals surface area contributed by atoms with Crippen LogP contribution in [0.3, 0.4) is 0 Å². The second kappa shape index (κ2) is 5.43. The number of benzene rings is 1. The summed E-state index contributed by atoms with van der Waals surface area (Å²) in [6.45, 7) is 2.79. The second-order valence-electron chi connectivity index (χ2n) is 4.19. The topological polar surface area (TPSA) is 27.0 Å². The minimum Gasteiger partial charge on any atom is -0.368 e. The molecule has 0 amide bonds. The second-order valence-corrected chi connectivity index (χ2v) is 5.99. The Morgan fingerprint density at radius 3 is 2.72 bits per heavy atom. The largest absolute Gasteiger partial charge is 0.368 e. The van der Waals surface area contributed by atoms with E-state index in [1.54, 1.807) is 11.3 Å². The van der Waals surface area contributed by atoms with Crippen molar-refractivity contribution in [3.63, 3.8) is 0 Å². The van der Waals surface area contributed by atoms with Crippen LogP contribution in [0.2, 0.25) is 4.34 Å². The number of nitriles is 1. The monoisotopic (exact) mass is 276 g/mol. The average Bonchev–Trinajstić information content (AvgIpc) is 2.74. The Kier molecular flexibility index (Phi) is 3.90. The lowest BCUT2D eigenvalue weighted by atomic mass is 10.1. The number of thiophene rings is 1. The first-order chi connectivity index (χ1) is 8.60. The van der Waals surface area contributed by atoms with Gasteiger partial charge in [0.2, 0.25) is 0 Å². The lowest BCUT2D eigenvalue weighted by Gasteiger charge is -2.20. The Morgan fingerprint density at radius 1 is 1.33 bits per heavy atom. The molecule has 0 radical (unpaired) electrons. The molecule has 0 atom stereocenters. The van der Waals surface area contributed by atoms with Gasteiger partial charge in [-0.1, -0.05) is 17.7 Å². The van der Waals surface area contributed by atoms with Crippen LogP contribution in [0.15, 0.2) is 30.3 Å². The number of hydrogen-bond donors (Lipinski definition) is 0. The molecule has 0 aliphatic heterocycles. The van der Waals surface area contributed by atoms with Crippen molar-refractivity contribution < 1.29 is 0 Å². The lowest BCUT2D eigenvalue weighted by Crippen LogP contribution is -2.16. The molecule has 2 nitrogen and oxygen atoms in total. The van der Waals surface area contributed by atoms with Crippen LogP contribution in [-0.2, 0) is 6.54 Å². The zero-order valence-electron chi connectivity index (χ0n) is 10.3. The van der Waals surface area contributed by atoms with Gasteiger partial charge in [-0.2, -0.15) is 5.26 Å². The maximum atomic E-state index is 9.13. The molecular weight excluding hydrogens is 264 g/mol. The van der Waals surface area contributed by atoms with Crippen molar-refractivity contribution in [3.8, 4) is 6.07 Å². The summed E-state index contributed by atoms with van der Waals surface area (Å²) in [4.78, 5) is 3.26. The van der Waals surface area contributed by atoms with E-state index in [-0.39, 0.29) is 0 Å². The van der Waals surface area contributed by atoms with Crippen molar-refractivity contribution in [1.29, 1.82) is 5.26 Å². The molecule has 2 aromatic rings. The van der Waals surface area contributed by atoms with Crippen molar-refractivity contribution >= 4 is 28.6 Å². The molecule has 0 bridgehead atoms. The van der Waals surface area contributed by atoms with Gasteiger partial charge in [0, 0.05) is 11.9 Å². The zero-order valence-corrected chi connectivity index (χ0v) is 11.8. The summed E-state index contributed by atoms with van der Waals surface area (Å²) in [6.07, 6.45) is 0. The van der Waals surface area contributed by atoms with E-state index in [0.717, 1.165) is 22.1 Å². The first-order valence-corrected chi connectivity index (χ1v) is 6.75. The summed E-state index contributed by atoms with van der Waals surface area (Å²) in [7, 11) is 1.99. The van der Waals surface area contributed by atoms with Crippen LogP contribution in [0, 0.1) is 18.3 Å². The molecule has 92 valence electrons. The Hall–Kier alpha value is -1.50. The summed E-state index contributed by atoms with van der Waals surface area (Å²) in [6, 6.07) is 12.0. The summed E-state index contributed by atoms with van der Waals surface area (Å²) in [5, 5.41) is 9.13. The van der Waals surface area contributed by atoms with Crippen molar-refractivity contribution in [2.75, 3.05) is 11.9 Å². The number of halogens is 1. The molecule has 0 spiro atoms. The van der Waals surface area contributed by atoms with Crippen LogP contribution in [0.25, 0.3) is 0 Å². The van der Waals surface area contributed by atoms with Gasteiger partial charge in [0.25, 0.3) is 0 Å². The highest BCUT2D eigenvalue weighted by atomic mass is 35.5. The van der Waals surface area contributed by atoms with Gasteiger partial charge in [-0.15, -0.1) is 11.3 Å². The van der Waals surface area contributed by atoms with Crippen LogP contribution in [0.1, 0.15) is 16.0 Å². The number of nitrogens with zero attached hydrogens (tertiary/aromatic N) is 2. The van der Waals surface area contributed by atoms with Crippen LogP contribution in [-0.4, -0.2) is 7.05 Å². The SMILES string of the molecule is Cc1ccc(C#N)c(N(C)Cc2ccc(Cl)s2)c1. The van der Waals surface area contributed by atoms with E-state index in [0.29, 0.717) is 5.56 Å². The van der Waals surface area contributed by atoms with E-state index in [4.69, 9.17) is 16.9 Å². The first-order valence-electron chi connectivity index (χ1n) is 5.56. The van der Waals surface area contributed by atoms with Gasteiger partial charge >= 0.3 is 0 Å². The molecule has 0 saturated heterocycles. The highest BCUT2D eigenvalue weighted by molar-refractivity contribution is 7.16. The molecular formula is C14H13ClN2S. The molecule has 0 aliphatic carbocycles. The summed E-state index contributed by atoms with van der Waals surface area (Å²) in [5.41, 5.74) is 2.81. The van der Waals surface area contributed by atoms with Gasteiger partial charge in [-0.05, 0) is 36.8 Å². The maximum Gasteiger partial charge on any atom is 0.101 e. The molecule has 0 aliphatic rings. The predicted octanol–water partition coefficient (Wildman–Crippen LogP) is 4.22. The van der Waals surface area contributed by atoms with Crippen LogP contribution in [0.4, 0.5) is 5.69 Å². The molecule has 0 unspecified atom stereocenters. The van der Waals surface area contributed by atoms with E-state index in [1.807, 2.05) is 44.3 Å². The van der Waals surface area contributed by atoms with Crippen molar-refractivity contribution in [3.05, 3.63) is 50.7 Å².